The molecule has 0 aliphatic rings. The number of hydrogen-bond acceptors (Lipinski definition) is 3. The Bertz CT molecular complexity index is 1130. The lowest BCUT2D eigenvalue weighted by atomic mass is 10.1. The zero-order chi connectivity index (χ0) is 20.3. The summed E-state index contributed by atoms with van der Waals surface area (Å²) in [5.74, 6) is -0.904. The molecule has 3 aromatic rings. The fourth-order valence-corrected chi connectivity index (χ4v) is 3.77. The lowest BCUT2D eigenvalue weighted by molar-refractivity contribution is 0.102. The Balaban J connectivity index is 1.84. The van der Waals surface area contributed by atoms with Gasteiger partial charge in [-0.25, -0.2) is 12.8 Å². The third-order valence-electron chi connectivity index (χ3n) is 4.36. The summed E-state index contributed by atoms with van der Waals surface area (Å²) in [5, 5.41) is 2.61. The lowest BCUT2D eigenvalue weighted by Gasteiger charge is -2.13. The van der Waals surface area contributed by atoms with Crippen LogP contribution in [0.4, 0.5) is 15.8 Å². The predicted molar refractivity (Wildman–Crippen MR) is 108 cm³/mol. The van der Waals surface area contributed by atoms with E-state index in [2.05, 4.69) is 10.0 Å². The maximum absolute atomic E-state index is 13.0. The Labute approximate surface area is 163 Å². The summed E-state index contributed by atoms with van der Waals surface area (Å²) in [6.07, 6.45) is 0. The van der Waals surface area contributed by atoms with Crippen molar-refractivity contribution in [3.63, 3.8) is 0 Å². The first-order valence-electron chi connectivity index (χ1n) is 8.52. The SMILES string of the molecule is Cc1cccc(NS(=O)(=O)c2cccc(C(=O)Nc3ccc(F)cc3)c2)c1C. The third-order valence-corrected chi connectivity index (χ3v) is 5.72. The van der Waals surface area contributed by atoms with Crippen LogP contribution >= 0.6 is 0 Å². The molecule has 28 heavy (non-hydrogen) atoms. The Morgan fingerprint density at radius 1 is 0.929 bits per heavy atom. The van der Waals surface area contributed by atoms with E-state index in [1.807, 2.05) is 19.9 Å². The van der Waals surface area contributed by atoms with Crippen molar-refractivity contribution in [1.29, 1.82) is 0 Å². The molecule has 2 N–H and O–H groups in total. The Morgan fingerprint density at radius 2 is 1.61 bits per heavy atom. The fourth-order valence-electron chi connectivity index (χ4n) is 2.61. The van der Waals surface area contributed by atoms with E-state index in [1.165, 1.54) is 48.5 Å². The van der Waals surface area contributed by atoms with Crippen LogP contribution in [0.3, 0.4) is 0 Å². The van der Waals surface area contributed by atoms with Gasteiger partial charge < -0.3 is 5.32 Å². The van der Waals surface area contributed by atoms with Crippen molar-refractivity contribution >= 4 is 27.3 Å². The highest BCUT2D eigenvalue weighted by atomic mass is 32.2. The summed E-state index contributed by atoms with van der Waals surface area (Å²) in [6.45, 7) is 3.73. The minimum absolute atomic E-state index is 0.0276. The van der Waals surface area contributed by atoms with Crippen LogP contribution in [0.5, 0.6) is 0 Å². The molecule has 0 saturated carbocycles. The molecule has 0 aliphatic heterocycles. The minimum atomic E-state index is -3.87. The highest BCUT2D eigenvalue weighted by molar-refractivity contribution is 7.92. The molecule has 7 heteroatoms. The molecule has 144 valence electrons. The van der Waals surface area contributed by atoms with E-state index in [4.69, 9.17) is 0 Å². The maximum Gasteiger partial charge on any atom is 0.261 e. The number of amides is 1. The van der Waals surface area contributed by atoms with Crippen LogP contribution in [0.25, 0.3) is 0 Å². The molecule has 0 fully saturated rings. The summed E-state index contributed by atoms with van der Waals surface area (Å²) in [7, 11) is -3.87. The normalized spacial score (nSPS) is 11.1. The smallest absolute Gasteiger partial charge is 0.261 e. The number of halogens is 1. The topological polar surface area (TPSA) is 75.3 Å². The number of benzene rings is 3. The fraction of sp³-hybridized carbons (Fsp3) is 0.0952. The van der Waals surface area contributed by atoms with Crippen LogP contribution < -0.4 is 10.0 Å². The van der Waals surface area contributed by atoms with E-state index in [0.29, 0.717) is 11.4 Å². The van der Waals surface area contributed by atoms with E-state index in [1.54, 1.807) is 12.1 Å². The summed E-state index contributed by atoms with van der Waals surface area (Å²) < 4.78 is 41.0. The summed E-state index contributed by atoms with van der Waals surface area (Å²) in [6, 6.07) is 16.4. The van der Waals surface area contributed by atoms with Crippen LogP contribution in [0.2, 0.25) is 0 Å². The van der Waals surface area contributed by atoms with Gasteiger partial charge in [-0.3, -0.25) is 9.52 Å². The number of anilines is 2. The summed E-state index contributed by atoms with van der Waals surface area (Å²) >= 11 is 0. The van der Waals surface area contributed by atoms with Gasteiger partial charge in [-0.15, -0.1) is 0 Å². The number of hydrogen-bond donors (Lipinski definition) is 2. The van der Waals surface area contributed by atoms with Gasteiger partial charge in [-0.05, 0) is 73.5 Å². The molecule has 0 spiro atoms. The van der Waals surface area contributed by atoms with Crippen molar-refractivity contribution in [1.82, 2.24) is 0 Å². The van der Waals surface area contributed by atoms with E-state index >= 15 is 0 Å². The molecule has 0 heterocycles. The number of aryl methyl sites for hydroxylation is 1. The van der Waals surface area contributed by atoms with Gasteiger partial charge >= 0.3 is 0 Å². The zero-order valence-corrected chi connectivity index (χ0v) is 16.2. The largest absolute Gasteiger partial charge is 0.322 e. The van der Waals surface area contributed by atoms with Crippen molar-refractivity contribution in [2.45, 2.75) is 18.7 Å². The van der Waals surface area contributed by atoms with Gasteiger partial charge in [0, 0.05) is 11.3 Å². The first-order chi connectivity index (χ1) is 13.3. The number of nitrogens with one attached hydrogen (secondary N) is 2. The predicted octanol–water partition coefficient (Wildman–Crippen LogP) is 4.50. The van der Waals surface area contributed by atoms with Crippen LogP contribution in [0.15, 0.2) is 71.6 Å². The molecule has 0 unspecified atom stereocenters. The Morgan fingerprint density at radius 3 is 2.32 bits per heavy atom. The monoisotopic (exact) mass is 398 g/mol. The average molecular weight is 398 g/mol. The summed E-state index contributed by atoms with van der Waals surface area (Å²) in [5.41, 5.74) is 2.87. The van der Waals surface area contributed by atoms with E-state index in [0.717, 1.165) is 11.1 Å². The number of sulfonamides is 1. The first kappa shape index (κ1) is 19.6. The number of carbonyl (C=O) groups excluding carboxylic acids is 1. The van der Waals surface area contributed by atoms with E-state index in [9.17, 15) is 17.6 Å². The third kappa shape index (κ3) is 4.37. The standard InChI is InChI=1S/C21H19FN2O3S/c1-14-5-3-8-20(15(14)2)24-28(26,27)19-7-4-6-16(13-19)21(25)23-18-11-9-17(22)10-12-18/h3-13,24H,1-2H3,(H,23,25). The molecule has 5 nitrogen and oxygen atoms in total. The van der Waals surface area contributed by atoms with Gasteiger partial charge in [0.25, 0.3) is 15.9 Å². The average Bonchev–Trinajstić information content (AvgIpc) is 2.67. The van der Waals surface area contributed by atoms with Gasteiger partial charge in [0.1, 0.15) is 5.82 Å². The molecule has 0 bridgehead atoms. The number of carbonyl (C=O) groups is 1. The quantitative estimate of drug-likeness (QED) is 0.665. The first-order valence-corrected chi connectivity index (χ1v) is 10.0. The van der Waals surface area contributed by atoms with E-state index in [-0.39, 0.29) is 10.5 Å². The summed E-state index contributed by atoms with van der Waals surface area (Å²) in [4.78, 5) is 12.4. The Kier molecular flexibility index (Phi) is 5.46. The molecule has 3 rings (SSSR count). The van der Waals surface area contributed by atoms with E-state index < -0.39 is 21.7 Å². The van der Waals surface area contributed by atoms with Crippen molar-refractivity contribution in [3.05, 3.63) is 89.2 Å². The molecule has 0 atom stereocenters. The molecule has 3 aromatic carbocycles. The number of rotatable bonds is 5. The minimum Gasteiger partial charge on any atom is -0.322 e. The second-order valence-electron chi connectivity index (χ2n) is 6.34. The van der Waals surface area contributed by atoms with Crippen LogP contribution in [-0.4, -0.2) is 14.3 Å². The molecule has 0 aliphatic carbocycles. The highest BCUT2D eigenvalue weighted by Crippen LogP contribution is 2.22. The molecule has 0 radical (unpaired) electrons. The highest BCUT2D eigenvalue weighted by Gasteiger charge is 2.18. The lowest BCUT2D eigenvalue weighted by Crippen LogP contribution is -2.16. The van der Waals surface area contributed by atoms with Crippen molar-refractivity contribution < 1.29 is 17.6 Å². The molecular formula is C21H19FN2O3S. The van der Waals surface area contributed by atoms with Gasteiger partial charge in [0.15, 0.2) is 0 Å². The second-order valence-corrected chi connectivity index (χ2v) is 8.02. The van der Waals surface area contributed by atoms with Crippen molar-refractivity contribution in [2.75, 3.05) is 10.0 Å². The zero-order valence-electron chi connectivity index (χ0n) is 15.4. The molecular weight excluding hydrogens is 379 g/mol. The maximum atomic E-state index is 13.0. The van der Waals surface area contributed by atoms with Crippen LogP contribution in [-0.2, 0) is 10.0 Å². The van der Waals surface area contributed by atoms with Crippen LogP contribution in [0.1, 0.15) is 21.5 Å². The molecule has 1 amide bonds. The van der Waals surface area contributed by atoms with Gasteiger partial charge in [0.2, 0.25) is 0 Å². The van der Waals surface area contributed by atoms with Crippen molar-refractivity contribution in [3.8, 4) is 0 Å². The molecule has 0 saturated heterocycles. The Hall–Kier alpha value is -3.19. The second kappa shape index (κ2) is 7.82. The van der Waals surface area contributed by atoms with Crippen molar-refractivity contribution in [2.24, 2.45) is 0 Å². The molecule has 0 aromatic heterocycles. The van der Waals surface area contributed by atoms with Crippen LogP contribution in [0, 0.1) is 19.7 Å². The van der Waals surface area contributed by atoms with Gasteiger partial charge in [-0.2, -0.15) is 0 Å². The van der Waals surface area contributed by atoms with Gasteiger partial charge in [-0.1, -0.05) is 18.2 Å². The van der Waals surface area contributed by atoms with Gasteiger partial charge in [0.05, 0.1) is 10.6 Å².